The van der Waals surface area contributed by atoms with E-state index in [1.807, 2.05) is 6.07 Å². The summed E-state index contributed by atoms with van der Waals surface area (Å²) < 4.78 is 11.5. The highest BCUT2D eigenvalue weighted by Crippen LogP contribution is 2.33. The van der Waals surface area contributed by atoms with Gasteiger partial charge in [-0.05, 0) is 64.4 Å². The van der Waals surface area contributed by atoms with Crippen LogP contribution in [-0.2, 0) is 27.5 Å². The second kappa shape index (κ2) is 12.4. The van der Waals surface area contributed by atoms with Gasteiger partial charge in [-0.2, -0.15) is 0 Å². The maximum atomic E-state index is 13.2. The van der Waals surface area contributed by atoms with E-state index in [2.05, 4.69) is 48.0 Å². The largest absolute Gasteiger partial charge is 0.489 e. The molecule has 9 heteroatoms. The molecule has 0 spiro atoms. The number of amides is 2. The van der Waals surface area contributed by atoms with Crippen LogP contribution in [0.15, 0.2) is 42.5 Å². The molecule has 2 amide bonds. The molecule has 0 aromatic heterocycles. The lowest BCUT2D eigenvalue weighted by atomic mass is 10.0. The summed E-state index contributed by atoms with van der Waals surface area (Å²) in [5.41, 5.74) is 8.54. The zero-order valence-corrected chi connectivity index (χ0v) is 24.3. The molecule has 1 fully saturated rings. The van der Waals surface area contributed by atoms with Gasteiger partial charge in [0, 0.05) is 49.8 Å². The summed E-state index contributed by atoms with van der Waals surface area (Å²) in [5, 5.41) is 0. The number of benzene rings is 2. The molecule has 0 unspecified atom stereocenters. The van der Waals surface area contributed by atoms with Crippen LogP contribution in [0, 0.1) is 0 Å². The highest BCUT2D eigenvalue weighted by Gasteiger charge is 2.37. The molecule has 40 heavy (non-hydrogen) atoms. The van der Waals surface area contributed by atoms with E-state index < -0.39 is 23.5 Å². The predicted octanol–water partition coefficient (Wildman–Crippen LogP) is 3.51. The minimum Gasteiger partial charge on any atom is -0.489 e. The number of hydrogen-bond acceptors (Lipinski definition) is 7. The highest BCUT2D eigenvalue weighted by molar-refractivity contribution is 6.01. The Bertz CT molecular complexity index is 1220. The summed E-state index contributed by atoms with van der Waals surface area (Å²) in [7, 11) is 2.16. The van der Waals surface area contributed by atoms with E-state index in [9.17, 15) is 14.4 Å². The molecule has 2 atom stereocenters. The minimum absolute atomic E-state index is 0.0161. The Morgan fingerprint density at radius 3 is 2.33 bits per heavy atom. The summed E-state index contributed by atoms with van der Waals surface area (Å²) >= 11 is 0. The molecule has 2 heterocycles. The number of piperazine rings is 1. The van der Waals surface area contributed by atoms with Gasteiger partial charge in [0.25, 0.3) is 5.91 Å². The van der Waals surface area contributed by atoms with Crippen molar-refractivity contribution in [2.24, 2.45) is 5.73 Å². The zero-order valence-electron chi connectivity index (χ0n) is 24.3. The van der Waals surface area contributed by atoms with Gasteiger partial charge in [-0.15, -0.1) is 0 Å². The number of fused-ring (bicyclic) bond motifs is 1. The molecule has 0 aliphatic carbocycles. The van der Waals surface area contributed by atoms with Crippen molar-refractivity contribution >= 4 is 17.8 Å². The molecule has 1 saturated heterocycles. The van der Waals surface area contributed by atoms with Gasteiger partial charge in [0.05, 0.1) is 6.54 Å². The summed E-state index contributed by atoms with van der Waals surface area (Å²) in [6.07, 6.45) is 0.0802. The summed E-state index contributed by atoms with van der Waals surface area (Å²) in [6, 6.07) is 13.3. The summed E-state index contributed by atoms with van der Waals surface area (Å²) in [5.74, 6) is -0.789. The van der Waals surface area contributed by atoms with E-state index in [-0.39, 0.29) is 25.3 Å². The van der Waals surface area contributed by atoms with Crippen molar-refractivity contribution in [2.75, 3.05) is 33.2 Å². The van der Waals surface area contributed by atoms with Gasteiger partial charge in [0.15, 0.2) is 0 Å². The maximum absolute atomic E-state index is 13.2. The van der Waals surface area contributed by atoms with Crippen molar-refractivity contribution in [3.63, 3.8) is 0 Å². The number of nitrogens with zero attached hydrogens (tertiary/aromatic N) is 3. The molecule has 2 aliphatic heterocycles. The van der Waals surface area contributed by atoms with Crippen molar-refractivity contribution in [3.05, 3.63) is 64.7 Å². The van der Waals surface area contributed by atoms with Gasteiger partial charge < -0.3 is 25.0 Å². The number of rotatable bonds is 10. The van der Waals surface area contributed by atoms with Crippen molar-refractivity contribution in [1.29, 1.82) is 0 Å². The van der Waals surface area contributed by atoms with E-state index in [0.29, 0.717) is 24.0 Å². The van der Waals surface area contributed by atoms with Crippen LogP contribution < -0.4 is 10.5 Å². The Morgan fingerprint density at radius 2 is 1.70 bits per heavy atom. The Hall–Kier alpha value is -3.43. The maximum Gasteiger partial charge on any atom is 0.306 e. The number of ether oxygens (including phenoxy) is 2. The SMILES string of the molecule is C[C@H](c1ccc(COc2cccc3c2CN([C@@H](CCC(=O)OC(C)(C)C)C(N)=O)C3=O)cc1)N1CCN(C)CC1. The zero-order chi connectivity index (χ0) is 29.0. The second-order valence-electron chi connectivity index (χ2n) is 11.8. The standard InChI is InChI=1S/C31H42N4O5/c1-21(34-17-15-33(5)16-18-34)23-11-9-22(10-12-23)20-39-27-8-6-7-24-25(27)19-35(30(24)38)26(29(32)37)13-14-28(36)40-31(2,3)4/h6-12,21,26H,13-20H2,1-5H3,(H2,32,37)/t21-,26+/m1/s1. The molecule has 4 rings (SSSR count). The van der Waals surface area contributed by atoms with Gasteiger partial charge in [0.2, 0.25) is 5.91 Å². The van der Waals surface area contributed by atoms with Gasteiger partial charge in [-0.3, -0.25) is 19.3 Å². The lowest BCUT2D eigenvalue weighted by Gasteiger charge is -2.36. The van der Waals surface area contributed by atoms with Gasteiger partial charge in [0.1, 0.15) is 24.0 Å². The smallest absolute Gasteiger partial charge is 0.306 e. The Balaban J connectivity index is 1.38. The molecule has 9 nitrogen and oxygen atoms in total. The van der Waals surface area contributed by atoms with Crippen LogP contribution in [0.1, 0.15) is 73.6 Å². The number of hydrogen-bond donors (Lipinski definition) is 1. The van der Waals surface area contributed by atoms with Crippen LogP contribution in [0.25, 0.3) is 0 Å². The molecule has 2 N–H and O–H groups in total. The van der Waals surface area contributed by atoms with Crippen molar-refractivity contribution in [1.82, 2.24) is 14.7 Å². The molecule has 2 aromatic rings. The van der Waals surface area contributed by atoms with Crippen molar-refractivity contribution in [3.8, 4) is 5.75 Å². The Morgan fingerprint density at radius 1 is 1.02 bits per heavy atom. The molecule has 0 radical (unpaired) electrons. The van der Waals surface area contributed by atoms with E-state index in [0.717, 1.165) is 37.3 Å². The van der Waals surface area contributed by atoms with Crippen LogP contribution in [0.3, 0.4) is 0 Å². The van der Waals surface area contributed by atoms with Crippen molar-refractivity contribution in [2.45, 2.75) is 71.4 Å². The molecule has 216 valence electrons. The lowest BCUT2D eigenvalue weighted by Crippen LogP contribution is -2.45. The fraction of sp³-hybridized carbons (Fsp3) is 0.516. The number of carbonyl (C=O) groups excluding carboxylic acids is 3. The fourth-order valence-corrected chi connectivity index (χ4v) is 5.29. The molecule has 2 aromatic carbocycles. The topological polar surface area (TPSA) is 105 Å². The first-order chi connectivity index (χ1) is 18.9. The van der Waals surface area contributed by atoms with E-state index in [1.54, 1.807) is 32.9 Å². The summed E-state index contributed by atoms with van der Waals surface area (Å²) in [4.78, 5) is 44.1. The van der Waals surface area contributed by atoms with Crippen LogP contribution >= 0.6 is 0 Å². The number of nitrogens with two attached hydrogens (primary N) is 1. The normalized spacial score (nSPS) is 17.8. The third kappa shape index (κ3) is 7.20. The minimum atomic E-state index is -0.921. The van der Waals surface area contributed by atoms with Crippen LogP contribution in [-0.4, -0.2) is 77.4 Å². The molecule has 0 saturated carbocycles. The van der Waals surface area contributed by atoms with Gasteiger partial charge >= 0.3 is 5.97 Å². The quantitative estimate of drug-likeness (QED) is 0.452. The highest BCUT2D eigenvalue weighted by atomic mass is 16.6. The monoisotopic (exact) mass is 550 g/mol. The van der Waals surface area contributed by atoms with Crippen LogP contribution in [0.2, 0.25) is 0 Å². The Labute approximate surface area is 237 Å². The number of esters is 1. The predicted molar refractivity (Wildman–Crippen MR) is 153 cm³/mol. The first kappa shape index (κ1) is 29.6. The fourth-order valence-electron chi connectivity index (χ4n) is 5.29. The first-order valence-electron chi connectivity index (χ1n) is 14.0. The number of likely N-dealkylation sites (N-methyl/N-ethyl adjacent to an activating group) is 1. The third-order valence-corrected chi connectivity index (χ3v) is 7.64. The van der Waals surface area contributed by atoms with Gasteiger partial charge in [-0.1, -0.05) is 30.3 Å². The molecule has 2 aliphatic rings. The first-order valence-corrected chi connectivity index (χ1v) is 14.0. The average molecular weight is 551 g/mol. The van der Waals surface area contributed by atoms with E-state index in [4.69, 9.17) is 15.2 Å². The van der Waals surface area contributed by atoms with Crippen LogP contribution in [0.5, 0.6) is 5.75 Å². The Kier molecular flexibility index (Phi) is 9.15. The molecule has 0 bridgehead atoms. The lowest BCUT2D eigenvalue weighted by molar-refractivity contribution is -0.155. The molecular weight excluding hydrogens is 508 g/mol. The number of carbonyl (C=O) groups is 3. The molecular formula is C31H42N4O5. The second-order valence-corrected chi connectivity index (χ2v) is 11.8. The number of primary amides is 1. The van der Waals surface area contributed by atoms with E-state index in [1.165, 1.54) is 10.5 Å². The van der Waals surface area contributed by atoms with E-state index >= 15 is 0 Å². The van der Waals surface area contributed by atoms with Crippen molar-refractivity contribution < 1.29 is 23.9 Å². The van der Waals surface area contributed by atoms with Crippen LogP contribution in [0.4, 0.5) is 0 Å². The summed E-state index contributed by atoms with van der Waals surface area (Å²) in [6.45, 7) is 12.4. The third-order valence-electron chi connectivity index (χ3n) is 7.64. The van der Waals surface area contributed by atoms with Gasteiger partial charge in [-0.25, -0.2) is 0 Å². The average Bonchev–Trinajstić information content (AvgIpc) is 3.23.